The van der Waals surface area contributed by atoms with E-state index in [1.807, 2.05) is 42.5 Å². The normalized spacial score (nSPS) is 11.1. The van der Waals surface area contributed by atoms with Gasteiger partial charge in [-0.15, -0.1) is 5.10 Å². The first-order valence-corrected chi connectivity index (χ1v) is 11.1. The SMILES string of the molecule is O=C(O)CSc1n[nH]c(-c2cc(-c3ccc4ccccc4c3)cc(-c3cnccc3F)c2)n1. The van der Waals surface area contributed by atoms with Crippen LogP contribution in [0.4, 0.5) is 4.39 Å². The molecule has 162 valence electrons. The van der Waals surface area contributed by atoms with Crippen molar-refractivity contribution in [2.75, 3.05) is 5.75 Å². The number of aliphatic carboxylic acids is 1. The fourth-order valence-electron chi connectivity index (χ4n) is 3.61. The number of hydrogen-bond acceptors (Lipinski definition) is 5. The molecule has 5 aromatic rings. The van der Waals surface area contributed by atoms with Crippen molar-refractivity contribution in [3.05, 3.63) is 84.9 Å². The number of rotatable bonds is 6. The number of H-pyrrole nitrogens is 1. The Morgan fingerprint density at radius 2 is 1.73 bits per heavy atom. The van der Waals surface area contributed by atoms with Crippen LogP contribution in [0.3, 0.4) is 0 Å². The maximum absolute atomic E-state index is 14.6. The van der Waals surface area contributed by atoms with Gasteiger partial charge in [-0.25, -0.2) is 9.37 Å². The highest BCUT2D eigenvalue weighted by Crippen LogP contribution is 2.34. The Morgan fingerprint density at radius 3 is 2.55 bits per heavy atom. The van der Waals surface area contributed by atoms with Gasteiger partial charge in [0, 0.05) is 23.5 Å². The van der Waals surface area contributed by atoms with E-state index in [1.165, 1.54) is 18.5 Å². The van der Waals surface area contributed by atoms with E-state index in [0.29, 0.717) is 27.7 Å². The van der Waals surface area contributed by atoms with Gasteiger partial charge in [0.1, 0.15) is 5.82 Å². The van der Waals surface area contributed by atoms with Gasteiger partial charge in [-0.05, 0) is 57.8 Å². The Kier molecular flexibility index (Phi) is 5.58. The molecule has 5 rings (SSSR count). The van der Waals surface area contributed by atoms with Crippen LogP contribution in [0.25, 0.3) is 44.4 Å². The Hall–Kier alpha value is -4.04. The van der Waals surface area contributed by atoms with Gasteiger partial charge in [0.25, 0.3) is 0 Å². The number of nitrogens with one attached hydrogen (secondary N) is 1. The second kappa shape index (κ2) is 8.84. The van der Waals surface area contributed by atoms with E-state index < -0.39 is 5.97 Å². The molecule has 0 fully saturated rings. The lowest BCUT2D eigenvalue weighted by molar-refractivity contribution is -0.133. The number of thioether (sulfide) groups is 1. The summed E-state index contributed by atoms with van der Waals surface area (Å²) in [5, 5.41) is 18.4. The molecule has 0 aliphatic heterocycles. The number of carbonyl (C=O) groups is 1. The van der Waals surface area contributed by atoms with Gasteiger partial charge >= 0.3 is 5.97 Å². The van der Waals surface area contributed by atoms with Gasteiger partial charge in [0.2, 0.25) is 5.16 Å². The Bertz CT molecular complexity index is 1480. The van der Waals surface area contributed by atoms with Crippen molar-refractivity contribution >= 4 is 28.5 Å². The average Bonchev–Trinajstić information content (AvgIpc) is 3.32. The summed E-state index contributed by atoms with van der Waals surface area (Å²) in [6.45, 7) is 0. The number of fused-ring (bicyclic) bond motifs is 1. The molecule has 0 saturated carbocycles. The number of pyridine rings is 1. The molecule has 0 amide bonds. The molecular weight excluding hydrogens is 439 g/mol. The summed E-state index contributed by atoms with van der Waals surface area (Å²) >= 11 is 1.03. The Morgan fingerprint density at radius 1 is 0.939 bits per heavy atom. The van der Waals surface area contributed by atoms with Crippen LogP contribution in [0.2, 0.25) is 0 Å². The zero-order valence-corrected chi connectivity index (χ0v) is 18.0. The Balaban J connectivity index is 1.63. The molecule has 0 aliphatic carbocycles. The lowest BCUT2D eigenvalue weighted by Gasteiger charge is -2.11. The van der Waals surface area contributed by atoms with Crippen molar-refractivity contribution in [3.63, 3.8) is 0 Å². The average molecular weight is 457 g/mol. The molecule has 2 heterocycles. The van der Waals surface area contributed by atoms with Gasteiger partial charge in [0.15, 0.2) is 5.82 Å². The maximum atomic E-state index is 14.6. The van der Waals surface area contributed by atoms with Crippen LogP contribution >= 0.6 is 11.8 Å². The van der Waals surface area contributed by atoms with Crippen LogP contribution in [0.15, 0.2) is 84.3 Å². The molecule has 0 spiro atoms. The summed E-state index contributed by atoms with van der Waals surface area (Å²) in [6, 6.07) is 21.3. The predicted molar refractivity (Wildman–Crippen MR) is 126 cm³/mol. The maximum Gasteiger partial charge on any atom is 0.313 e. The first-order chi connectivity index (χ1) is 16.1. The molecular formula is C25H17FN4O2S. The number of nitrogens with zero attached hydrogens (tertiary/aromatic N) is 3. The summed E-state index contributed by atoms with van der Waals surface area (Å²) < 4.78 is 14.6. The summed E-state index contributed by atoms with van der Waals surface area (Å²) in [6.07, 6.45) is 2.91. The topological polar surface area (TPSA) is 91.8 Å². The van der Waals surface area contributed by atoms with E-state index in [1.54, 1.807) is 0 Å². The Labute approximate surface area is 192 Å². The lowest BCUT2D eigenvalue weighted by Crippen LogP contribution is -1.97. The highest BCUT2D eigenvalue weighted by molar-refractivity contribution is 7.99. The van der Waals surface area contributed by atoms with E-state index in [0.717, 1.165) is 33.7 Å². The van der Waals surface area contributed by atoms with Crippen molar-refractivity contribution < 1.29 is 14.3 Å². The van der Waals surface area contributed by atoms with Crippen LogP contribution < -0.4 is 0 Å². The lowest BCUT2D eigenvalue weighted by atomic mass is 9.95. The third kappa shape index (κ3) is 4.47. The predicted octanol–water partition coefficient (Wildman–Crippen LogP) is 5.67. The van der Waals surface area contributed by atoms with E-state index in [4.69, 9.17) is 5.11 Å². The number of halogens is 1. The summed E-state index contributed by atoms with van der Waals surface area (Å²) in [7, 11) is 0. The molecule has 3 aromatic carbocycles. The minimum Gasteiger partial charge on any atom is -0.481 e. The number of carboxylic acids is 1. The van der Waals surface area contributed by atoms with Gasteiger partial charge in [-0.1, -0.05) is 48.2 Å². The standard InChI is InChI=1S/C25H17FN4O2S/c26-22-7-8-27-13-21(22)19-10-18(17-6-5-15-3-1-2-4-16(15)9-17)11-20(12-19)24-28-25(30-29-24)33-14-23(31)32/h1-13H,14H2,(H,31,32)(H,28,29,30). The van der Waals surface area contributed by atoms with Crippen molar-refractivity contribution in [1.82, 2.24) is 20.2 Å². The fraction of sp³-hybridized carbons (Fsp3) is 0.0400. The molecule has 33 heavy (non-hydrogen) atoms. The highest BCUT2D eigenvalue weighted by Gasteiger charge is 2.14. The highest BCUT2D eigenvalue weighted by atomic mass is 32.2. The van der Waals surface area contributed by atoms with Crippen LogP contribution in [0, 0.1) is 5.82 Å². The smallest absolute Gasteiger partial charge is 0.313 e. The summed E-state index contributed by atoms with van der Waals surface area (Å²) in [5.74, 6) is -0.988. The van der Waals surface area contributed by atoms with Crippen molar-refractivity contribution in [2.45, 2.75) is 5.16 Å². The molecule has 6 nitrogen and oxygen atoms in total. The number of hydrogen-bond donors (Lipinski definition) is 2. The second-order valence-corrected chi connectivity index (χ2v) is 8.31. The molecule has 0 aliphatic rings. The number of aromatic amines is 1. The van der Waals surface area contributed by atoms with Gasteiger partial charge < -0.3 is 5.11 Å². The van der Waals surface area contributed by atoms with E-state index in [2.05, 4.69) is 38.4 Å². The van der Waals surface area contributed by atoms with Gasteiger partial charge in [-0.3, -0.25) is 14.9 Å². The third-order valence-electron chi connectivity index (χ3n) is 5.16. The minimum absolute atomic E-state index is 0.138. The summed E-state index contributed by atoms with van der Waals surface area (Å²) in [4.78, 5) is 19.3. The monoisotopic (exact) mass is 456 g/mol. The fourth-order valence-corrected chi connectivity index (χ4v) is 4.13. The van der Waals surface area contributed by atoms with Crippen LogP contribution in [-0.2, 0) is 4.79 Å². The van der Waals surface area contributed by atoms with E-state index >= 15 is 0 Å². The number of carboxylic acid groups (broad SMARTS) is 1. The molecule has 2 aromatic heterocycles. The molecule has 0 radical (unpaired) electrons. The summed E-state index contributed by atoms with van der Waals surface area (Å²) in [5.41, 5.74) is 3.58. The van der Waals surface area contributed by atoms with Crippen molar-refractivity contribution in [3.8, 4) is 33.6 Å². The number of aromatic nitrogens is 4. The largest absolute Gasteiger partial charge is 0.481 e. The van der Waals surface area contributed by atoms with Crippen molar-refractivity contribution in [2.24, 2.45) is 0 Å². The zero-order valence-electron chi connectivity index (χ0n) is 17.2. The zero-order chi connectivity index (χ0) is 22.8. The first kappa shape index (κ1) is 20.8. The van der Waals surface area contributed by atoms with Crippen molar-refractivity contribution in [1.29, 1.82) is 0 Å². The molecule has 0 atom stereocenters. The van der Waals surface area contributed by atoms with E-state index in [-0.39, 0.29) is 11.6 Å². The second-order valence-electron chi connectivity index (χ2n) is 7.37. The van der Waals surface area contributed by atoms with Crippen LogP contribution in [0.1, 0.15) is 0 Å². The van der Waals surface area contributed by atoms with Crippen LogP contribution in [0.5, 0.6) is 0 Å². The van der Waals surface area contributed by atoms with Gasteiger partial charge in [-0.2, -0.15) is 0 Å². The molecule has 2 N–H and O–H groups in total. The molecule has 0 bridgehead atoms. The first-order valence-electron chi connectivity index (χ1n) is 10.1. The molecule has 8 heteroatoms. The number of benzene rings is 3. The minimum atomic E-state index is -0.945. The molecule has 0 unspecified atom stereocenters. The van der Waals surface area contributed by atoms with Crippen LogP contribution in [-0.4, -0.2) is 37.0 Å². The van der Waals surface area contributed by atoms with E-state index in [9.17, 15) is 9.18 Å². The molecule has 0 saturated heterocycles. The third-order valence-corrected chi connectivity index (χ3v) is 5.99. The quantitative estimate of drug-likeness (QED) is 0.320. The van der Waals surface area contributed by atoms with Gasteiger partial charge in [0.05, 0.1) is 5.75 Å².